The quantitative estimate of drug-likeness (QED) is 0.0884. The Kier molecular flexibility index (Phi) is 10.5. The lowest BCUT2D eigenvalue weighted by molar-refractivity contribution is -0.317. The summed E-state index contributed by atoms with van der Waals surface area (Å²) >= 11 is 0. The zero-order chi connectivity index (χ0) is 30.1. The van der Waals surface area contributed by atoms with E-state index in [4.69, 9.17) is 41.6 Å². The highest BCUT2D eigenvalue weighted by atomic mass is 16.8. The van der Waals surface area contributed by atoms with E-state index in [0.717, 1.165) is 0 Å². The Morgan fingerprint density at radius 2 is 1.55 bits per heavy atom. The van der Waals surface area contributed by atoms with Crippen molar-refractivity contribution in [2.75, 3.05) is 20.3 Å². The fourth-order valence-corrected chi connectivity index (χ4v) is 5.22. The summed E-state index contributed by atoms with van der Waals surface area (Å²) in [6, 6.07) is -3.94. The first-order chi connectivity index (χ1) is 18.7. The Balaban J connectivity index is 1.95. The van der Waals surface area contributed by atoms with Crippen LogP contribution in [0, 0.1) is 5.41 Å². The van der Waals surface area contributed by atoms with E-state index in [1.807, 2.05) is 0 Å². The lowest BCUT2D eigenvalue weighted by Gasteiger charge is -2.46. The predicted octanol–water partition coefficient (Wildman–Crippen LogP) is -8.16. The second-order valence-corrected chi connectivity index (χ2v) is 10.1. The van der Waals surface area contributed by atoms with Gasteiger partial charge in [0.1, 0.15) is 60.5 Å². The van der Waals surface area contributed by atoms with Gasteiger partial charge < -0.3 is 87.6 Å². The molecule has 232 valence electrons. The first kappa shape index (κ1) is 32.5. The number of guanidine groups is 2. The van der Waals surface area contributed by atoms with E-state index in [0.29, 0.717) is 0 Å². The molecular formula is C21H41N7O12. The van der Waals surface area contributed by atoms with Crippen LogP contribution in [-0.4, -0.2) is 164 Å². The van der Waals surface area contributed by atoms with Gasteiger partial charge in [0.15, 0.2) is 24.5 Å². The normalized spacial score (nSPS) is 47.5. The van der Waals surface area contributed by atoms with E-state index in [1.54, 1.807) is 0 Å². The Morgan fingerprint density at radius 1 is 0.925 bits per heavy atom. The summed E-state index contributed by atoms with van der Waals surface area (Å²) < 4.78 is 23.2. The number of nitrogens with two attached hydrogens (primary N) is 3. The van der Waals surface area contributed by atoms with Gasteiger partial charge in [-0.25, -0.2) is 4.99 Å². The van der Waals surface area contributed by atoms with E-state index >= 15 is 0 Å². The lowest BCUT2D eigenvalue weighted by atomic mass is 9.81. The number of rotatable bonds is 9. The molecule has 0 aromatic rings. The fourth-order valence-electron chi connectivity index (χ4n) is 5.22. The van der Waals surface area contributed by atoms with E-state index < -0.39 is 116 Å². The number of ether oxygens (including phenoxy) is 4. The molecule has 40 heavy (non-hydrogen) atoms. The van der Waals surface area contributed by atoms with Gasteiger partial charge in [-0.2, -0.15) is 0 Å². The molecule has 3 rings (SSSR count). The topological polar surface area (TPSA) is 337 Å². The van der Waals surface area contributed by atoms with Crippen molar-refractivity contribution < 1.29 is 59.8 Å². The Bertz CT molecular complexity index is 902. The molecule has 2 saturated heterocycles. The molecule has 0 bridgehead atoms. The number of aliphatic imine (C=N–C) groups is 1. The minimum absolute atomic E-state index is 0.516. The van der Waals surface area contributed by atoms with Crippen LogP contribution < -0.4 is 27.8 Å². The molecule has 2 aliphatic heterocycles. The van der Waals surface area contributed by atoms with Crippen LogP contribution in [0.4, 0.5) is 0 Å². The number of hydrogen-bond donors (Lipinski definition) is 14. The summed E-state index contributed by atoms with van der Waals surface area (Å²) in [6.45, 7) is -0.204. The van der Waals surface area contributed by atoms with Crippen molar-refractivity contribution in [3.8, 4) is 0 Å². The van der Waals surface area contributed by atoms with Crippen LogP contribution in [0.3, 0.4) is 0 Å². The second-order valence-electron chi connectivity index (χ2n) is 10.1. The average Bonchev–Trinajstić information content (AvgIpc) is 3.13. The standard InChI is InChI=1S/C21H41N7O12/c1-5-21(36,4-30)16(40-17-9(26-2)13(34)10(31)6(3-29)38-17)18(37-5)39-15-8(28-20(24)25)11(32)7(27-19(22)23)12(33)14(15)35/h5-18,26,29-36H,3-4H2,1-2H3,(H4,22,23,27)(H4,24,25,28)/t5?,6?,7-,8+,9+,10?,11-,12+,13?,14-,15-,16?,17?,18+,21-/m1/s1. The maximum Gasteiger partial charge on any atom is 0.187 e. The summed E-state index contributed by atoms with van der Waals surface area (Å²) in [5, 5.41) is 96.7. The SMILES string of the molecule is CN[C@@H]1C(OC2[C@H](O[C@H]3[C@H](O)[C@@H](O)[C@H](NC(=N)N)[C@@H](O)[C@@H]3N=C(N)N)OC(C)[C@]2(O)CO)OC(CO)C(O)C1O. The van der Waals surface area contributed by atoms with Crippen LogP contribution in [0.2, 0.25) is 0 Å². The van der Waals surface area contributed by atoms with Gasteiger partial charge in [-0.15, -0.1) is 0 Å². The zero-order valence-electron chi connectivity index (χ0n) is 21.9. The van der Waals surface area contributed by atoms with Crippen molar-refractivity contribution in [2.45, 2.75) is 98.2 Å². The summed E-state index contributed by atoms with van der Waals surface area (Å²) in [6.07, 6.45) is -16.9. The van der Waals surface area contributed by atoms with Crippen molar-refractivity contribution in [1.29, 1.82) is 5.41 Å². The van der Waals surface area contributed by atoms with Gasteiger partial charge >= 0.3 is 0 Å². The van der Waals surface area contributed by atoms with Gasteiger partial charge in [0.25, 0.3) is 0 Å². The van der Waals surface area contributed by atoms with Crippen LogP contribution in [0.5, 0.6) is 0 Å². The van der Waals surface area contributed by atoms with Crippen LogP contribution in [0.1, 0.15) is 6.92 Å². The molecule has 6 unspecified atom stereocenters. The Hall–Kier alpha value is -1.98. The van der Waals surface area contributed by atoms with Crippen LogP contribution in [-0.2, 0) is 18.9 Å². The molecule has 19 heteroatoms. The molecule has 15 atom stereocenters. The summed E-state index contributed by atoms with van der Waals surface area (Å²) in [7, 11) is 1.44. The summed E-state index contributed by atoms with van der Waals surface area (Å²) in [5.41, 5.74) is 14.2. The molecular weight excluding hydrogens is 542 g/mol. The van der Waals surface area contributed by atoms with Gasteiger partial charge in [-0.3, -0.25) is 5.41 Å². The molecule has 3 fully saturated rings. The maximum absolute atomic E-state index is 11.3. The first-order valence-electron chi connectivity index (χ1n) is 12.5. The van der Waals surface area contributed by atoms with Crippen LogP contribution >= 0.6 is 0 Å². The highest BCUT2D eigenvalue weighted by Gasteiger charge is 2.60. The van der Waals surface area contributed by atoms with Gasteiger partial charge in [0.05, 0.1) is 31.4 Å². The zero-order valence-corrected chi connectivity index (χ0v) is 21.9. The highest BCUT2D eigenvalue weighted by molar-refractivity contribution is 5.76. The number of aliphatic hydroxyl groups is 8. The molecule has 1 saturated carbocycles. The minimum Gasteiger partial charge on any atom is -0.394 e. The van der Waals surface area contributed by atoms with Gasteiger partial charge in [-0.1, -0.05) is 0 Å². The molecule has 3 aliphatic rings. The largest absolute Gasteiger partial charge is 0.394 e. The fraction of sp³-hybridized carbons (Fsp3) is 0.905. The van der Waals surface area contributed by atoms with Crippen molar-refractivity contribution in [3.05, 3.63) is 0 Å². The predicted molar refractivity (Wildman–Crippen MR) is 133 cm³/mol. The van der Waals surface area contributed by atoms with Gasteiger partial charge in [0, 0.05) is 0 Å². The van der Waals surface area contributed by atoms with Crippen molar-refractivity contribution in [2.24, 2.45) is 22.2 Å². The summed E-state index contributed by atoms with van der Waals surface area (Å²) in [5.74, 6) is -1.13. The number of nitrogens with zero attached hydrogens (tertiary/aromatic N) is 1. The third kappa shape index (κ3) is 6.11. The lowest BCUT2D eigenvalue weighted by Crippen LogP contribution is -2.70. The maximum atomic E-state index is 11.3. The molecule has 1 aliphatic carbocycles. The molecule has 0 amide bonds. The van der Waals surface area contributed by atoms with Crippen molar-refractivity contribution in [1.82, 2.24) is 10.6 Å². The monoisotopic (exact) mass is 583 g/mol. The van der Waals surface area contributed by atoms with E-state index in [-0.39, 0.29) is 0 Å². The van der Waals surface area contributed by atoms with Crippen molar-refractivity contribution >= 4 is 11.9 Å². The van der Waals surface area contributed by atoms with E-state index in [9.17, 15) is 40.9 Å². The molecule has 0 spiro atoms. The van der Waals surface area contributed by atoms with E-state index in [2.05, 4.69) is 15.6 Å². The van der Waals surface area contributed by atoms with Gasteiger partial charge in [0.2, 0.25) is 0 Å². The number of likely N-dealkylation sites (N-methyl/N-ethyl adjacent to an activating group) is 1. The first-order valence-corrected chi connectivity index (χ1v) is 12.5. The summed E-state index contributed by atoms with van der Waals surface area (Å²) in [4.78, 5) is 3.91. The highest BCUT2D eigenvalue weighted by Crippen LogP contribution is 2.39. The van der Waals surface area contributed by atoms with Crippen molar-refractivity contribution in [3.63, 3.8) is 0 Å². The molecule has 0 aromatic carbocycles. The Labute approximate surface area is 229 Å². The number of hydrogen-bond acceptors (Lipinski definition) is 15. The van der Waals surface area contributed by atoms with Crippen LogP contribution in [0.25, 0.3) is 0 Å². The third-order valence-electron chi connectivity index (χ3n) is 7.55. The number of aliphatic hydroxyl groups excluding tert-OH is 7. The molecule has 0 radical (unpaired) electrons. The second kappa shape index (κ2) is 12.9. The average molecular weight is 584 g/mol. The smallest absolute Gasteiger partial charge is 0.187 e. The Morgan fingerprint density at radius 3 is 2.08 bits per heavy atom. The number of nitrogens with one attached hydrogen (secondary N) is 3. The molecule has 19 nitrogen and oxygen atoms in total. The molecule has 2 heterocycles. The van der Waals surface area contributed by atoms with Gasteiger partial charge in [-0.05, 0) is 14.0 Å². The molecule has 0 aromatic heterocycles. The van der Waals surface area contributed by atoms with E-state index in [1.165, 1.54) is 14.0 Å². The third-order valence-corrected chi connectivity index (χ3v) is 7.55. The minimum atomic E-state index is -2.15. The van der Waals surface area contributed by atoms with Crippen LogP contribution in [0.15, 0.2) is 4.99 Å². The molecule has 17 N–H and O–H groups in total.